The molecule has 2 aromatic carbocycles. The van der Waals surface area contributed by atoms with Gasteiger partial charge in [0, 0.05) is 24.8 Å². The van der Waals surface area contributed by atoms with Crippen molar-refractivity contribution in [2.45, 2.75) is 18.4 Å². The normalized spacial score (nSPS) is 15.0. The van der Waals surface area contributed by atoms with E-state index in [2.05, 4.69) is 29.6 Å². The second-order valence-electron chi connectivity index (χ2n) is 5.35. The van der Waals surface area contributed by atoms with Crippen LogP contribution in [0.25, 0.3) is 0 Å². The van der Waals surface area contributed by atoms with Gasteiger partial charge < -0.3 is 14.8 Å². The molecule has 0 radical (unpaired) electrons. The Morgan fingerprint density at radius 1 is 1.00 bits per heavy atom. The fraction of sp³-hybridized carbons (Fsp3) is 0.333. The highest BCUT2D eigenvalue weighted by Gasteiger charge is 2.40. The van der Waals surface area contributed by atoms with Crippen LogP contribution in [0.1, 0.15) is 24.0 Å². The van der Waals surface area contributed by atoms with E-state index in [0.717, 1.165) is 30.9 Å². The van der Waals surface area contributed by atoms with Crippen molar-refractivity contribution < 1.29 is 9.47 Å². The summed E-state index contributed by atoms with van der Waals surface area (Å²) in [6.45, 7) is 0.759. The second-order valence-corrected chi connectivity index (χ2v) is 5.35. The molecule has 1 aliphatic heterocycles. The summed E-state index contributed by atoms with van der Waals surface area (Å²) in [5, 5.41) is 3.55. The summed E-state index contributed by atoms with van der Waals surface area (Å²) in [6, 6.07) is 16.5. The van der Waals surface area contributed by atoms with Crippen molar-refractivity contribution in [3.8, 4) is 11.5 Å². The molecule has 1 heterocycles. The van der Waals surface area contributed by atoms with E-state index in [1.54, 1.807) is 7.11 Å². The summed E-state index contributed by atoms with van der Waals surface area (Å²) in [5.74, 6) is 1.87. The fourth-order valence-corrected chi connectivity index (χ4v) is 3.23. The molecule has 0 saturated carbocycles. The van der Waals surface area contributed by atoms with Gasteiger partial charge in [0.1, 0.15) is 11.5 Å². The first-order valence-corrected chi connectivity index (χ1v) is 7.36. The minimum atomic E-state index is -0.218. The number of rotatable bonds is 5. The van der Waals surface area contributed by atoms with E-state index in [1.807, 2.05) is 31.3 Å². The number of methoxy groups -OCH3 is 1. The molecule has 21 heavy (non-hydrogen) atoms. The van der Waals surface area contributed by atoms with E-state index >= 15 is 0 Å². The molecular weight excluding hydrogens is 262 g/mol. The van der Waals surface area contributed by atoms with Crippen LogP contribution in [0.15, 0.2) is 48.5 Å². The first-order chi connectivity index (χ1) is 10.3. The molecule has 3 rings (SSSR count). The quantitative estimate of drug-likeness (QED) is 0.849. The van der Waals surface area contributed by atoms with Gasteiger partial charge in [0.15, 0.2) is 0 Å². The van der Waals surface area contributed by atoms with E-state index in [-0.39, 0.29) is 5.54 Å². The topological polar surface area (TPSA) is 30.5 Å². The number of nitrogens with one attached hydrogen (secondary N) is 1. The van der Waals surface area contributed by atoms with Gasteiger partial charge in [0.2, 0.25) is 0 Å². The van der Waals surface area contributed by atoms with Gasteiger partial charge in [-0.05, 0) is 32.0 Å². The SMILES string of the molecule is CNC1(CCCOC)c2ccccc2Oc2ccccc21. The third kappa shape index (κ3) is 2.33. The summed E-state index contributed by atoms with van der Waals surface area (Å²) < 4.78 is 11.3. The van der Waals surface area contributed by atoms with E-state index in [0.29, 0.717) is 0 Å². The minimum absolute atomic E-state index is 0.218. The summed E-state index contributed by atoms with van der Waals surface area (Å²) >= 11 is 0. The lowest BCUT2D eigenvalue weighted by atomic mass is 9.77. The van der Waals surface area contributed by atoms with Gasteiger partial charge in [-0.25, -0.2) is 0 Å². The Labute approximate surface area is 125 Å². The predicted octanol–water partition coefficient (Wildman–Crippen LogP) is 3.68. The average Bonchev–Trinajstić information content (AvgIpc) is 2.54. The van der Waals surface area contributed by atoms with Gasteiger partial charge in [-0.15, -0.1) is 0 Å². The van der Waals surface area contributed by atoms with Crippen molar-refractivity contribution in [3.63, 3.8) is 0 Å². The molecule has 0 bridgehead atoms. The molecule has 0 aliphatic carbocycles. The summed E-state index contributed by atoms with van der Waals surface area (Å²) in [6.07, 6.45) is 1.95. The van der Waals surface area contributed by atoms with Gasteiger partial charge >= 0.3 is 0 Å². The van der Waals surface area contributed by atoms with Gasteiger partial charge in [-0.2, -0.15) is 0 Å². The first kappa shape index (κ1) is 14.1. The van der Waals surface area contributed by atoms with Gasteiger partial charge in [-0.3, -0.25) is 0 Å². The second kappa shape index (κ2) is 5.88. The zero-order chi connectivity index (χ0) is 14.7. The van der Waals surface area contributed by atoms with Crippen LogP contribution in [0.2, 0.25) is 0 Å². The Balaban J connectivity index is 2.12. The summed E-state index contributed by atoms with van der Waals surface area (Å²) in [4.78, 5) is 0. The number of ether oxygens (including phenoxy) is 2. The van der Waals surface area contributed by atoms with Crippen LogP contribution >= 0.6 is 0 Å². The van der Waals surface area contributed by atoms with Crippen molar-refractivity contribution in [2.24, 2.45) is 0 Å². The van der Waals surface area contributed by atoms with Crippen LogP contribution in [0.4, 0.5) is 0 Å². The van der Waals surface area contributed by atoms with E-state index in [4.69, 9.17) is 9.47 Å². The molecule has 2 aromatic rings. The fourth-order valence-electron chi connectivity index (χ4n) is 3.23. The molecule has 0 aromatic heterocycles. The maximum atomic E-state index is 6.07. The Kier molecular flexibility index (Phi) is 3.95. The lowest BCUT2D eigenvalue weighted by Crippen LogP contribution is -2.43. The highest BCUT2D eigenvalue weighted by molar-refractivity contribution is 5.56. The van der Waals surface area contributed by atoms with Crippen LogP contribution in [0.5, 0.6) is 11.5 Å². The van der Waals surface area contributed by atoms with Crippen LogP contribution in [-0.2, 0) is 10.3 Å². The van der Waals surface area contributed by atoms with Gasteiger partial charge in [0.05, 0.1) is 5.54 Å². The molecule has 3 heteroatoms. The van der Waals surface area contributed by atoms with Crippen LogP contribution in [0, 0.1) is 0 Å². The standard InChI is InChI=1S/C18H21NO2/c1-19-18(12-7-13-20-2)14-8-3-5-10-16(14)21-17-11-6-4-9-15(17)18/h3-6,8-11,19H,7,12-13H2,1-2H3. The Morgan fingerprint density at radius 3 is 2.10 bits per heavy atom. The molecule has 0 fully saturated rings. The van der Waals surface area contributed by atoms with Crippen molar-refractivity contribution in [1.29, 1.82) is 0 Å². The molecule has 0 atom stereocenters. The third-order valence-corrected chi connectivity index (χ3v) is 4.24. The number of para-hydroxylation sites is 2. The molecule has 3 nitrogen and oxygen atoms in total. The molecule has 0 amide bonds. The van der Waals surface area contributed by atoms with Crippen molar-refractivity contribution in [2.75, 3.05) is 20.8 Å². The zero-order valence-corrected chi connectivity index (χ0v) is 12.6. The Morgan fingerprint density at radius 2 is 1.57 bits per heavy atom. The average molecular weight is 283 g/mol. The smallest absolute Gasteiger partial charge is 0.132 e. The molecule has 0 saturated heterocycles. The Hall–Kier alpha value is -1.84. The highest BCUT2D eigenvalue weighted by Crippen LogP contribution is 2.48. The molecular formula is C18H21NO2. The molecule has 1 aliphatic rings. The maximum Gasteiger partial charge on any atom is 0.132 e. The molecule has 1 N–H and O–H groups in total. The van der Waals surface area contributed by atoms with E-state index in [9.17, 15) is 0 Å². The van der Waals surface area contributed by atoms with Crippen LogP contribution in [0.3, 0.4) is 0 Å². The number of fused-ring (bicyclic) bond motifs is 2. The monoisotopic (exact) mass is 283 g/mol. The van der Waals surface area contributed by atoms with Gasteiger partial charge in [0.25, 0.3) is 0 Å². The maximum absolute atomic E-state index is 6.07. The molecule has 110 valence electrons. The van der Waals surface area contributed by atoms with E-state index in [1.165, 1.54) is 11.1 Å². The Bertz CT molecular complexity index is 579. The predicted molar refractivity (Wildman–Crippen MR) is 83.9 cm³/mol. The molecule has 0 unspecified atom stereocenters. The molecule has 0 spiro atoms. The lowest BCUT2D eigenvalue weighted by molar-refractivity contribution is 0.181. The first-order valence-electron chi connectivity index (χ1n) is 7.36. The minimum Gasteiger partial charge on any atom is -0.457 e. The number of benzene rings is 2. The van der Waals surface area contributed by atoms with Crippen LogP contribution in [-0.4, -0.2) is 20.8 Å². The number of hydrogen-bond acceptors (Lipinski definition) is 3. The van der Waals surface area contributed by atoms with Crippen LogP contribution < -0.4 is 10.1 Å². The van der Waals surface area contributed by atoms with Crippen molar-refractivity contribution in [1.82, 2.24) is 5.32 Å². The lowest BCUT2D eigenvalue weighted by Gasteiger charge is -2.40. The summed E-state index contributed by atoms with van der Waals surface area (Å²) in [7, 11) is 3.77. The third-order valence-electron chi connectivity index (χ3n) is 4.24. The zero-order valence-electron chi connectivity index (χ0n) is 12.6. The van der Waals surface area contributed by atoms with Crippen molar-refractivity contribution >= 4 is 0 Å². The van der Waals surface area contributed by atoms with Crippen molar-refractivity contribution in [3.05, 3.63) is 59.7 Å². The highest BCUT2D eigenvalue weighted by atomic mass is 16.5. The number of hydrogen-bond donors (Lipinski definition) is 1. The van der Waals surface area contributed by atoms with Gasteiger partial charge in [-0.1, -0.05) is 36.4 Å². The largest absolute Gasteiger partial charge is 0.457 e. The summed E-state index contributed by atoms with van der Waals surface area (Å²) in [5.41, 5.74) is 2.17. The van der Waals surface area contributed by atoms with E-state index < -0.39 is 0 Å².